The van der Waals surface area contributed by atoms with Gasteiger partial charge in [0.05, 0.1) is 10.7 Å². The maximum Gasteiger partial charge on any atom is 0.269 e. The molecule has 2 aromatic heterocycles. The molecule has 1 aliphatic heterocycles. The van der Waals surface area contributed by atoms with Gasteiger partial charge in [0, 0.05) is 35.0 Å². The molecule has 2 aromatic rings. The van der Waals surface area contributed by atoms with Crippen molar-refractivity contribution >= 4 is 11.8 Å². The number of pyridine rings is 2. The summed E-state index contributed by atoms with van der Waals surface area (Å²) >= 11 is 1.59. The Morgan fingerprint density at radius 2 is 2.12 bits per heavy atom. The summed E-state index contributed by atoms with van der Waals surface area (Å²) in [5.41, 5.74) is 0.599. The van der Waals surface area contributed by atoms with Crippen LogP contribution >= 0.6 is 11.8 Å². The number of hydrogen-bond donors (Lipinski definition) is 0. The van der Waals surface area contributed by atoms with Gasteiger partial charge in [-0.3, -0.25) is 9.78 Å². The third-order valence-corrected chi connectivity index (χ3v) is 5.62. The number of nitrogens with zero attached hydrogens (tertiary/aromatic N) is 3. The van der Waals surface area contributed by atoms with Crippen molar-refractivity contribution in [2.24, 2.45) is 5.92 Å². The predicted octanol–water partition coefficient (Wildman–Crippen LogP) is 3.96. The fourth-order valence-corrected chi connectivity index (χ4v) is 4.06. The maximum atomic E-state index is 14.5. The van der Waals surface area contributed by atoms with Crippen LogP contribution < -0.4 is 5.56 Å². The van der Waals surface area contributed by atoms with Crippen molar-refractivity contribution in [1.29, 1.82) is 5.26 Å². The van der Waals surface area contributed by atoms with E-state index in [-0.39, 0.29) is 11.1 Å². The number of rotatable bonds is 1. The molecule has 3 heterocycles. The smallest absolute Gasteiger partial charge is 0.269 e. The van der Waals surface area contributed by atoms with Gasteiger partial charge in [0.25, 0.3) is 5.56 Å². The summed E-state index contributed by atoms with van der Waals surface area (Å²) in [6, 6.07) is 5.18. The van der Waals surface area contributed by atoms with Crippen LogP contribution in [0.3, 0.4) is 0 Å². The number of fused-ring (bicyclic) bond motifs is 1. The molecule has 0 bridgehead atoms. The number of thioether (sulfide) groups is 1. The minimum atomic E-state index is -0.423. The minimum Gasteiger partial charge on any atom is -0.302 e. The summed E-state index contributed by atoms with van der Waals surface area (Å²) < 4.78 is 16.2. The summed E-state index contributed by atoms with van der Waals surface area (Å²) in [4.78, 5) is 17.0. The van der Waals surface area contributed by atoms with E-state index in [0.29, 0.717) is 29.3 Å². The second-order valence-corrected chi connectivity index (χ2v) is 8.56. The third kappa shape index (κ3) is 3.21. The molecular formula is C19H20FN3OS. The van der Waals surface area contributed by atoms with Crippen molar-refractivity contribution in [2.75, 3.05) is 5.75 Å². The van der Waals surface area contributed by atoms with Crippen molar-refractivity contribution in [3.63, 3.8) is 0 Å². The van der Waals surface area contributed by atoms with Crippen molar-refractivity contribution in [3.8, 4) is 17.2 Å². The van der Waals surface area contributed by atoms with Gasteiger partial charge in [-0.1, -0.05) is 27.7 Å². The fourth-order valence-electron chi connectivity index (χ4n) is 2.98. The van der Waals surface area contributed by atoms with Crippen LogP contribution in [0.25, 0.3) is 11.1 Å². The molecule has 0 spiro atoms. The van der Waals surface area contributed by atoms with E-state index in [1.54, 1.807) is 22.5 Å². The van der Waals surface area contributed by atoms with Gasteiger partial charge < -0.3 is 4.57 Å². The third-order valence-electron chi connectivity index (χ3n) is 4.25. The van der Waals surface area contributed by atoms with Crippen LogP contribution in [0.2, 0.25) is 0 Å². The standard InChI is InChI=1S/C19H20FN3OS/c1-11-9-23-16(25-10-11)6-13(14(7-21)18(23)24)12-5-15(20)17(22-8-12)19(2,3)4/h5-6,8,11H,9-10H2,1-4H3/t11-/m0/s1. The number of halogens is 1. The summed E-state index contributed by atoms with van der Waals surface area (Å²) in [5.74, 6) is 0.867. The fraction of sp³-hybridized carbons (Fsp3) is 0.421. The monoisotopic (exact) mass is 357 g/mol. The van der Waals surface area contributed by atoms with Gasteiger partial charge >= 0.3 is 0 Å². The quantitative estimate of drug-likeness (QED) is 0.775. The van der Waals surface area contributed by atoms with E-state index in [9.17, 15) is 14.4 Å². The molecular weight excluding hydrogens is 337 g/mol. The van der Waals surface area contributed by atoms with Gasteiger partial charge in [-0.05, 0) is 18.1 Å². The Hall–Kier alpha value is -2.13. The SMILES string of the molecule is C[C@@H]1CSc2cc(-c3cnc(C(C)(C)C)c(F)c3)c(C#N)c(=O)n2C1. The first-order chi connectivity index (χ1) is 11.7. The van der Waals surface area contributed by atoms with E-state index >= 15 is 0 Å². The van der Waals surface area contributed by atoms with E-state index in [1.807, 2.05) is 32.9 Å². The highest BCUT2D eigenvalue weighted by atomic mass is 32.2. The van der Waals surface area contributed by atoms with Crippen LogP contribution in [0, 0.1) is 23.1 Å². The Labute approximate surface area is 150 Å². The number of hydrogen-bond acceptors (Lipinski definition) is 4. The molecule has 6 heteroatoms. The summed E-state index contributed by atoms with van der Waals surface area (Å²) in [6.07, 6.45) is 1.55. The molecule has 0 aliphatic carbocycles. The van der Waals surface area contributed by atoms with Crippen LogP contribution in [0.4, 0.5) is 4.39 Å². The molecule has 0 saturated heterocycles. The van der Waals surface area contributed by atoms with Crippen LogP contribution in [0.5, 0.6) is 0 Å². The van der Waals surface area contributed by atoms with E-state index in [0.717, 1.165) is 10.8 Å². The zero-order valence-electron chi connectivity index (χ0n) is 14.8. The van der Waals surface area contributed by atoms with E-state index in [1.165, 1.54) is 6.07 Å². The van der Waals surface area contributed by atoms with E-state index < -0.39 is 11.2 Å². The molecule has 0 amide bonds. The molecule has 0 radical (unpaired) electrons. The van der Waals surface area contributed by atoms with Crippen molar-refractivity contribution < 1.29 is 4.39 Å². The summed E-state index contributed by atoms with van der Waals surface area (Å²) in [7, 11) is 0. The Bertz CT molecular complexity index is 937. The minimum absolute atomic E-state index is 0.0446. The van der Waals surface area contributed by atoms with Crippen molar-refractivity contribution in [2.45, 2.75) is 44.7 Å². The van der Waals surface area contributed by atoms with Gasteiger partial charge in [0.1, 0.15) is 17.4 Å². The zero-order valence-corrected chi connectivity index (χ0v) is 15.6. The number of nitriles is 1. The Morgan fingerprint density at radius 3 is 2.72 bits per heavy atom. The highest BCUT2D eigenvalue weighted by Crippen LogP contribution is 2.33. The highest BCUT2D eigenvalue weighted by molar-refractivity contribution is 7.99. The van der Waals surface area contributed by atoms with Gasteiger partial charge in [-0.15, -0.1) is 11.8 Å². The lowest BCUT2D eigenvalue weighted by atomic mass is 9.90. The molecule has 1 atom stereocenters. The lowest BCUT2D eigenvalue weighted by Gasteiger charge is -2.24. The molecule has 0 N–H and O–H groups in total. The molecule has 3 rings (SSSR count). The Kier molecular flexibility index (Phi) is 4.46. The van der Waals surface area contributed by atoms with Gasteiger partial charge in [0.2, 0.25) is 0 Å². The van der Waals surface area contributed by atoms with Gasteiger partial charge in [-0.2, -0.15) is 5.26 Å². The van der Waals surface area contributed by atoms with Crippen LogP contribution in [0.15, 0.2) is 28.2 Å². The molecule has 4 nitrogen and oxygen atoms in total. The van der Waals surface area contributed by atoms with E-state index in [2.05, 4.69) is 11.9 Å². The number of aromatic nitrogens is 2. The molecule has 0 saturated carbocycles. The average molecular weight is 357 g/mol. The normalized spacial score (nSPS) is 17.0. The first kappa shape index (κ1) is 17.7. The first-order valence-electron chi connectivity index (χ1n) is 8.19. The summed E-state index contributed by atoms with van der Waals surface area (Å²) in [6.45, 7) is 8.35. The van der Waals surface area contributed by atoms with Crippen LogP contribution in [0.1, 0.15) is 39.0 Å². The van der Waals surface area contributed by atoms with Crippen molar-refractivity contribution in [3.05, 3.63) is 45.8 Å². The molecule has 1 aliphatic rings. The molecule has 0 fully saturated rings. The highest BCUT2D eigenvalue weighted by Gasteiger charge is 2.24. The second-order valence-electron chi connectivity index (χ2n) is 7.52. The van der Waals surface area contributed by atoms with Crippen LogP contribution in [-0.2, 0) is 12.0 Å². The summed E-state index contributed by atoms with van der Waals surface area (Å²) in [5, 5.41) is 10.3. The topological polar surface area (TPSA) is 58.7 Å². The van der Waals surface area contributed by atoms with E-state index in [4.69, 9.17) is 0 Å². The lowest BCUT2D eigenvalue weighted by Crippen LogP contribution is -2.30. The van der Waals surface area contributed by atoms with Crippen LogP contribution in [-0.4, -0.2) is 15.3 Å². The van der Waals surface area contributed by atoms with Crippen molar-refractivity contribution in [1.82, 2.24) is 9.55 Å². The Balaban J connectivity index is 2.19. The predicted molar refractivity (Wildman–Crippen MR) is 97.2 cm³/mol. The molecule has 0 aromatic carbocycles. The second kappa shape index (κ2) is 6.30. The van der Waals surface area contributed by atoms with Gasteiger partial charge in [0.15, 0.2) is 0 Å². The average Bonchev–Trinajstić information content (AvgIpc) is 2.54. The lowest BCUT2D eigenvalue weighted by molar-refractivity contribution is 0.474. The molecule has 0 unspecified atom stereocenters. The largest absolute Gasteiger partial charge is 0.302 e. The molecule has 130 valence electrons. The van der Waals surface area contributed by atoms with Gasteiger partial charge in [-0.25, -0.2) is 4.39 Å². The Morgan fingerprint density at radius 1 is 1.40 bits per heavy atom. The maximum absolute atomic E-state index is 14.5. The first-order valence-corrected chi connectivity index (χ1v) is 9.18. The molecule has 25 heavy (non-hydrogen) atoms. The zero-order chi connectivity index (χ0) is 18.4.